The number of thioether (sulfide) groups is 1. The molecule has 10 nitrogen and oxygen atoms in total. The smallest absolute Gasteiger partial charge is 0.407 e. The summed E-state index contributed by atoms with van der Waals surface area (Å²) in [5, 5.41) is 5.58. The highest BCUT2D eigenvalue weighted by Gasteiger charge is 2.51. The van der Waals surface area contributed by atoms with E-state index in [4.69, 9.17) is 28.4 Å². The topological polar surface area (TPSA) is 114 Å². The quantitative estimate of drug-likeness (QED) is 0.202. The molecule has 1 aliphatic rings. The van der Waals surface area contributed by atoms with Crippen LogP contribution in [-0.2, 0) is 43.4 Å². The van der Waals surface area contributed by atoms with Gasteiger partial charge in [0.2, 0.25) is 0 Å². The van der Waals surface area contributed by atoms with Gasteiger partial charge in [0, 0.05) is 12.6 Å². The third kappa shape index (κ3) is 10.9. The van der Waals surface area contributed by atoms with Gasteiger partial charge in [-0.25, -0.2) is 9.59 Å². The predicted molar refractivity (Wildman–Crippen MR) is 177 cm³/mol. The normalized spacial score (nSPS) is 20.9. The first-order chi connectivity index (χ1) is 22.4. The van der Waals surface area contributed by atoms with Crippen LogP contribution in [0.2, 0.25) is 0 Å². The van der Waals surface area contributed by atoms with Gasteiger partial charge in [-0.05, 0) is 48.4 Å². The van der Waals surface area contributed by atoms with Crippen molar-refractivity contribution in [2.45, 2.75) is 76.4 Å². The van der Waals surface area contributed by atoms with Crippen molar-refractivity contribution in [3.63, 3.8) is 0 Å². The maximum Gasteiger partial charge on any atom is 0.407 e. The number of carbonyl (C=O) groups is 2. The van der Waals surface area contributed by atoms with Crippen LogP contribution in [0.15, 0.2) is 84.9 Å². The van der Waals surface area contributed by atoms with E-state index in [0.717, 1.165) is 22.4 Å². The zero-order valence-electron chi connectivity index (χ0n) is 26.8. The van der Waals surface area contributed by atoms with E-state index in [1.54, 1.807) is 7.11 Å². The highest BCUT2D eigenvalue weighted by Crippen LogP contribution is 2.34. The van der Waals surface area contributed by atoms with Crippen molar-refractivity contribution >= 4 is 23.9 Å². The first-order valence-corrected chi connectivity index (χ1v) is 16.5. The maximum absolute atomic E-state index is 13.2. The van der Waals surface area contributed by atoms with Gasteiger partial charge in [0.05, 0.1) is 26.9 Å². The van der Waals surface area contributed by atoms with Crippen LogP contribution < -0.4 is 15.4 Å². The summed E-state index contributed by atoms with van der Waals surface area (Å²) in [6.07, 6.45) is -4.75. The minimum Gasteiger partial charge on any atom is -0.497 e. The van der Waals surface area contributed by atoms with Crippen LogP contribution in [0.3, 0.4) is 0 Å². The summed E-state index contributed by atoms with van der Waals surface area (Å²) in [5.74, 6) is 1.42. The van der Waals surface area contributed by atoms with E-state index in [0.29, 0.717) is 12.4 Å². The Morgan fingerprint density at radius 2 is 1.43 bits per heavy atom. The Hall–Kier alpha value is -3.77. The van der Waals surface area contributed by atoms with Crippen molar-refractivity contribution < 1.29 is 38.0 Å². The lowest BCUT2D eigenvalue weighted by Gasteiger charge is -2.45. The average molecular weight is 653 g/mol. The lowest BCUT2D eigenvalue weighted by atomic mass is 9.99. The van der Waals surface area contributed by atoms with E-state index in [9.17, 15) is 9.59 Å². The number of nitrogens with one attached hydrogen (secondary N) is 2. The molecule has 4 rings (SSSR count). The van der Waals surface area contributed by atoms with Gasteiger partial charge in [0.25, 0.3) is 0 Å². The van der Waals surface area contributed by atoms with Crippen LogP contribution in [0.25, 0.3) is 0 Å². The number of hydrogen-bond acceptors (Lipinski definition) is 9. The van der Waals surface area contributed by atoms with Crippen LogP contribution in [-0.4, -0.2) is 67.5 Å². The Kier molecular flexibility index (Phi) is 14.0. The Balaban J connectivity index is 1.58. The van der Waals surface area contributed by atoms with Gasteiger partial charge < -0.3 is 39.1 Å². The molecule has 0 aromatic heterocycles. The highest BCUT2D eigenvalue weighted by atomic mass is 32.2. The van der Waals surface area contributed by atoms with Crippen molar-refractivity contribution in [3.8, 4) is 5.75 Å². The van der Waals surface area contributed by atoms with Gasteiger partial charge in [-0.1, -0.05) is 79.7 Å². The first kappa shape index (κ1) is 35.1. The Labute approximate surface area is 275 Å². The highest BCUT2D eigenvalue weighted by molar-refractivity contribution is 7.99. The second kappa shape index (κ2) is 18.4. The number of benzene rings is 3. The molecule has 0 bridgehead atoms. The molecule has 0 spiro atoms. The van der Waals surface area contributed by atoms with Crippen LogP contribution in [0.5, 0.6) is 5.75 Å². The van der Waals surface area contributed by atoms with Crippen molar-refractivity contribution in [1.82, 2.24) is 10.6 Å². The fourth-order valence-corrected chi connectivity index (χ4v) is 5.83. The van der Waals surface area contributed by atoms with Gasteiger partial charge in [0.15, 0.2) is 12.2 Å². The van der Waals surface area contributed by atoms with E-state index in [2.05, 4.69) is 10.6 Å². The number of hydrogen-bond donors (Lipinski definition) is 2. The molecular formula is C35H44N2O8S. The van der Waals surface area contributed by atoms with Crippen molar-refractivity contribution in [2.24, 2.45) is 0 Å². The minimum atomic E-state index is -1.00. The molecule has 1 aliphatic heterocycles. The first-order valence-electron chi connectivity index (χ1n) is 15.4. The Morgan fingerprint density at radius 3 is 2.07 bits per heavy atom. The summed E-state index contributed by atoms with van der Waals surface area (Å²) in [4.78, 5) is 26.2. The second-order valence-electron chi connectivity index (χ2n) is 11.0. The summed E-state index contributed by atoms with van der Waals surface area (Å²) in [6, 6.07) is 26.6. The largest absolute Gasteiger partial charge is 0.497 e. The van der Waals surface area contributed by atoms with E-state index in [1.807, 2.05) is 106 Å². The molecule has 1 fully saturated rings. The van der Waals surface area contributed by atoms with Gasteiger partial charge in [-0.3, -0.25) is 0 Å². The Bertz CT molecular complexity index is 1330. The third-order valence-corrected chi connectivity index (χ3v) is 8.13. The number of alkyl carbamates (subject to hydrolysis) is 2. The second-order valence-corrected chi connectivity index (χ2v) is 12.4. The minimum absolute atomic E-state index is 0.144. The predicted octanol–water partition coefficient (Wildman–Crippen LogP) is 6.07. The number of methoxy groups -OCH3 is 1. The number of amides is 2. The van der Waals surface area contributed by atoms with E-state index in [-0.39, 0.29) is 25.8 Å². The number of carbonyl (C=O) groups excluding carboxylic acids is 2. The molecule has 2 amide bonds. The van der Waals surface area contributed by atoms with E-state index in [1.165, 1.54) is 11.8 Å². The molecule has 248 valence electrons. The zero-order chi connectivity index (χ0) is 32.7. The Morgan fingerprint density at radius 1 is 0.804 bits per heavy atom. The molecule has 3 aromatic carbocycles. The lowest BCUT2D eigenvalue weighted by molar-refractivity contribution is -0.227. The fraction of sp³-hybridized carbons (Fsp3) is 0.429. The molecule has 46 heavy (non-hydrogen) atoms. The van der Waals surface area contributed by atoms with Gasteiger partial charge in [-0.15, -0.1) is 11.8 Å². The fourth-order valence-electron chi connectivity index (χ4n) is 4.88. The molecule has 0 radical (unpaired) electrons. The molecule has 5 atom stereocenters. The molecule has 1 saturated heterocycles. The summed E-state index contributed by atoms with van der Waals surface area (Å²) in [5.41, 5.74) is 2.14. The molecule has 0 saturated carbocycles. The summed E-state index contributed by atoms with van der Waals surface area (Å²) in [6.45, 7) is 6.61. The molecular weight excluding hydrogens is 608 g/mol. The number of ether oxygens (including phenoxy) is 6. The van der Waals surface area contributed by atoms with Gasteiger partial charge in [-0.2, -0.15) is 0 Å². The van der Waals surface area contributed by atoms with Crippen molar-refractivity contribution in [2.75, 3.05) is 19.5 Å². The lowest BCUT2D eigenvalue weighted by Crippen LogP contribution is -2.62. The van der Waals surface area contributed by atoms with Gasteiger partial charge in [0.1, 0.15) is 23.4 Å². The molecule has 2 N–H and O–H groups in total. The summed E-state index contributed by atoms with van der Waals surface area (Å²) < 4.78 is 36.4. The average Bonchev–Trinajstić information content (AvgIpc) is 3.06. The monoisotopic (exact) mass is 652 g/mol. The molecule has 0 unspecified atom stereocenters. The van der Waals surface area contributed by atoms with Crippen LogP contribution in [0, 0.1) is 0 Å². The number of rotatable bonds is 15. The molecule has 0 aliphatic carbocycles. The molecule has 11 heteroatoms. The van der Waals surface area contributed by atoms with Crippen LogP contribution in [0.1, 0.15) is 37.5 Å². The van der Waals surface area contributed by atoms with Crippen LogP contribution >= 0.6 is 11.8 Å². The molecule has 3 aromatic rings. The van der Waals surface area contributed by atoms with Crippen molar-refractivity contribution in [3.05, 3.63) is 102 Å². The van der Waals surface area contributed by atoms with Crippen molar-refractivity contribution in [1.29, 1.82) is 0 Å². The standard InChI is InChI=1S/C35H44N2O8S/c1-5-46-33-32(45-34(38)36-20-25-12-8-6-9-13-25)31(44-35(39)37-24(2)3)30(42-22-26-14-10-7-11-15-26)29(43-33)23-41-21-27-16-18-28(40-4)19-17-27/h6-19,24,29-33H,5,20-23H2,1-4H3,(H,36,38)(H,37,39)/t29-,30-,31+,32-,33+/m1/s1. The van der Waals surface area contributed by atoms with Crippen LogP contribution in [0.4, 0.5) is 9.59 Å². The van der Waals surface area contributed by atoms with E-state index < -0.39 is 42.0 Å². The van der Waals surface area contributed by atoms with Gasteiger partial charge >= 0.3 is 12.2 Å². The SMILES string of the molecule is CCS[C@@H]1O[C@H](COCc2ccc(OC)cc2)[C@@H](OCc2ccccc2)[C@H](OC(=O)NC(C)C)[C@H]1OC(=O)NCc1ccccc1. The summed E-state index contributed by atoms with van der Waals surface area (Å²) in [7, 11) is 1.62. The maximum atomic E-state index is 13.2. The molecule has 1 heterocycles. The van der Waals surface area contributed by atoms with E-state index >= 15 is 0 Å². The summed E-state index contributed by atoms with van der Waals surface area (Å²) >= 11 is 1.45. The zero-order valence-corrected chi connectivity index (χ0v) is 27.6. The third-order valence-electron chi connectivity index (χ3n) is 7.09.